The predicted molar refractivity (Wildman–Crippen MR) is 183 cm³/mol. The number of aliphatic hydroxyl groups is 2. The topological polar surface area (TPSA) is 58.9 Å². The van der Waals surface area contributed by atoms with Gasteiger partial charge in [-0.1, -0.05) is 68.8 Å². The average Bonchev–Trinajstić information content (AvgIpc) is 3.32. The minimum atomic E-state index is -3.72. The van der Waals surface area contributed by atoms with Crippen molar-refractivity contribution in [1.82, 2.24) is 0 Å². The lowest BCUT2D eigenvalue weighted by Crippen LogP contribution is -2.66. The first-order chi connectivity index (χ1) is 22.4. The van der Waals surface area contributed by atoms with Gasteiger partial charge >= 0.3 is 0 Å². The van der Waals surface area contributed by atoms with Crippen molar-refractivity contribution in [1.29, 1.82) is 0 Å². The fourth-order valence-corrected chi connectivity index (χ4v) is 11.1. The Kier molecular flexibility index (Phi) is 8.36. The van der Waals surface area contributed by atoms with Gasteiger partial charge in [-0.25, -0.2) is 13.2 Å². The Hall–Kier alpha value is -1.84. The molecule has 1 heterocycles. The van der Waals surface area contributed by atoms with Crippen molar-refractivity contribution in [3.05, 3.63) is 76.9 Å². The van der Waals surface area contributed by atoms with E-state index in [0.29, 0.717) is 65.1 Å². The van der Waals surface area contributed by atoms with E-state index >= 15 is 13.2 Å². The molecule has 4 fully saturated rings. The van der Waals surface area contributed by atoms with Crippen LogP contribution in [0, 0.1) is 22.7 Å². The molecule has 0 amide bonds. The van der Waals surface area contributed by atoms with Gasteiger partial charge in [0.1, 0.15) is 5.60 Å². The van der Waals surface area contributed by atoms with Crippen LogP contribution in [0.5, 0.6) is 0 Å². The molecule has 1 aliphatic heterocycles. The van der Waals surface area contributed by atoms with Crippen LogP contribution in [0.4, 0.5) is 13.2 Å². The molecule has 2 aromatic carbocycles. The zero-order valence-corrected chi connectivity index (χ0v) is 29.8. The van der Waals surface area contributed by atoms with E-state index in [-0.39, 0.29) is 29.6 Å². The fraction of sp³-hybridized carbons (Fsp3) is 0.650. The first kappa shape index (κ1) is 34.6. The number of rotatable bonds is 6. The molecule has 48 heavy (non-hydrogen) atoms. The lowest BCUT2D eigenvalue weighted by molar-refractivity contribution is -0.322. The fourth-order valence-electron chi connectivity index (χ4n) is 10.2. The van der Waals surface area contributed by atoms with E-state index < -0.39 is 34.0 Å². The number of alkyl halides is 3. The lowest BCUT2D eigenvalue weighted by Gasteiger charge is -2.60. The first-order valence-electron chi connectivity index (χ1n) is 17.7. The Labute approximate surface area is 287 Å². The number of ether oxygens (including phenoxy) is 2. The van der Waals surface area contributed by atoms with E-state index in [1.165, 1.54) is 11.1 Å². The van der Waals surface area contributed by atoms with Crippen molar-refractivity contribution in [3.8, 4) is 0 Å². The van der Waals surface area contributed by atoms with Crippen molar-refractivity contribution >= 4 is 11.8 Å². The summed E-state index contributed by atoms with van der Waals surface area (Å²) >= 11 is 1.75. The van der Waals surface area contributed by atoms with Crippen LogP contribution in [0.3, 0.4) is 0 Å². The maximum atomic E-state index is 16.4. The third-order valence-corrected chi connectivity index (χ3v) is 14.2. The Morgan fingerprint density at radius 3 is 2.19 bits per heavy atom. The van der Waals surface area contributed by atoms with Gasteiger partial charge in [-0.05, 0) is 86.1 Å². The van der Waals surface area contributed by atoms with Crippen LogP contribution in [-0.4, -0.2) is 52.0 Å². The molecule has 4 unspecified atom stereocenters. The van der Waals surface area contributed by atoms with Crippen LogP contribution in [0.25, 0.3) is 0 Å². The predicted octanol–water partition coefficient (Wildman–Crippen LogP) is 9.39. The van der Waals surface area contributed by atoms with Crippen molar-refractivity contribution in [2.24, 2.45) is 22.7 Å². The van der Waals surface area contributed by atoms with Gasteiger partial charge in [-0.15, -0.1) is 11.8 Å². The highest BCUT2D eigenvalue weighted by molar-refractivity contribution is 7.98. The van der Waals surface area contributed by atoms with E-state index in [1.54, 1.807) is 11.8 Å². The smallest absolute Gasteiger partial charge is 0.281 e. The lowest BCUT2D eigenvalue weighted by atomic mass is 9.48. The summed E-state index contributed by atoms with van der Waals surface area (Å²) in [5.41, 5.74) is -3.15. The van der Waals surface area contributed by atoms with Gasteiger partial charge in [0.25, 0.3) is 5.92 Å². The SMILES string of the molecule is CC1(C)COC2(CCC3=C4C(CC[C@@]3(O)C2)C2CC[C@@](O)(C(C)(F)C(C)(F)F)C2(C)C[C@@H]4c2ccc(SCc3ccccc3)cc2)OC1. The van der Waals surface area contributed by atoms with E-state index in [0.717, 1.165) is 28.7 Å². The van der Waals surface area contributed by atoms with Gasteiger partial charge in [0, 0.05) is 47.2 Å². The first-order valence-corrected chi connectivity index (χ1v) is 18.7. The number of hydrogen-bond acceptors (Lipinski definition) is 5. The number of thioether (sulfide) groups is 1. The monoisotopic (exact) mass is 684 g/mol. The van der Waals surface area contributed by atoms with Crippen LogP contribution >= 0.6 is 11.8 Å². The normalized spacial score (nSPS) is 37.0. The van der Waals surface area contributed by atoms with Gasteiger partial charge in [-0.3, -0.25) is 0 Å². The molecular weight excluding hydrogens is 633 g/mol. The molecule has 1 spiro atoms. The van der Waals surface area contributed by atoms with Crippen LogP contribution in [0.15, 0.2) is 70.6 Å². The van der Waals surface area contributed by atoms with Crippen molar-refractivity contribution in [2.75, 3.05) is 13.2 Å². The molecule has 7 atom stereocenters. The van der Waals surface area contributed by atoms with Crippen LogP contribution < -0.4 is 0 Å². The minimum absolute atomic E-state index is 0.0175. The van der Waals surface area contributed by atoms with E-state index in [4.69, 9.17) is 9.47 Å². The number of benzene rings is 2. The average molecular weight is 685 g/mol. The highest BCUT2D eigenvalue weighted by atomic mass is 32.2. The summed E-state index contributed by atoms with van der Waals surface area (Å²) in [5.74, 6) is -4.18. The standard InChI is InChI=1S/C40H51F3O4S/c1-34(2)24-46-39(47-25-34)19-16-32-33-29(15-18-38(32,44)23-39)31-17-20-40(45,36(4,41)37(5,42)43)35(31,3)21-30(33)27-11-13-28(14-12-27)48-22-26-9-7-6-8-10-26/h6-14,29-31,44-45H,15-25H2,1-5H3/t29?,30-,31?,35?,36?,38-,40+/m1/s1. The van der Waals surface area contributed by atoms with E-state index in [2.05, 4.69) is 50.2 Å². The highest BCUT2D eigenvalue weighted by Crippen LogP contribution is 2.71. The molecule has 0 aromatic heterocycles. The van der Waals surface area contributed by atoms with Crippen molar-refractivity contribution in [3.63, 3.8) is 0 Å². The van der Waals surface area contributed by atoms with Gasteiger partial charge in [0.2, 0.25) is 0 Å². The highest BCUT2D eigenvalue weighted by Gasteiger charge is 2.74. The van der Waals surface area contributed by atoms with Gasteiger partial charge < -0.3 is 19.7 Å². The molecule has 4 nitrogen and oxygen atoms in total. The maximum Gasteiger partial charge on any atom is 0.281 e. The van der Waals surface area contributed by atoms with Crippen molar-refractivity contribution < 1.29 is 32.9 Å². The molecule has 2 N–H and O–H groups in total. The molecule has 0 bridgehead atoms. The van der Waals surface area contributed by atoms with E-state index in [9.17, 15) is 10.2 Å². The summed E-state index contributed by atoms with van der Waals surface area (Å²) in [6, 6.07) is 18.7. The second-order valence-corrected chi connectivity index (χ2v) is 17.9. The zero-order valence-electron chi connectivity index (χ0n) is 29.0. The Morgan fingerprint density at radius 2 is 1.54 bits per heavy atom. The van der Waals surface area contributed by atoms with Crippen LogP contribution in [0.1, 0.15) is 103 Å². The summed E-state index contributed by atoms with van der Waals surface area (Å²) in [5, 5.41) is 24.7. The third-order valence-electron chi connectivity index (χ3n) is 13.1. The number of fused-ring (bicyclic) bond motifs is 4. The molecule has 3 saturated carbocycles. The molecule has 5 aliphatic rings. The molecule has 1 saturated heterocycles. The van der Waals surface area contributed by atoms with Gasteiger partial charge in [-0.2, -0.15) is 0 Å². The Bertz CT molecular complexity index is 1540. The molecule has 4 aliphatic carbocycles. The Balaban J connectivity index is 1.27. The van der Waals surface area contributed by atoms with E-state index in [1.807, 2.05) is 25.1 Å². The quantitative estimate of drug-likeness (QED) is 0.235. The molecule has 8 heteroatoms. The summed E-state index contributed by atoms with van der Waals surface area (Å²) in [7, 11) is 0. The third kappa shape index (κ3) is 5.42. The van der Waals surface area contributed by atoms with Crippen LogP contribution in [-0.2, 0) is 15.2 Å². The molecule has 262 valence electrons. The van der Waals surface area contributed by atoms with Gasteiger partial charge in [0.05, 0.1) is 18.8 Å². The number of halogens is 3. The molecule has 2 aromatic rings. The number of hydrogen-bond donors (Lipinski definition) is 2. The second-order valence-electron chi connectivity index (χ2n) is 16.9. The number of allylic oxidation sites excluding steroid dienone is 1. The Morgan fingerprint density at radius 1 is 0.875 bits per heavy atom. The molecule has 7 rings (SSSR count). The largest absolute Gasteiger partial charge is 0.386 e. The summed E-state index contributed by atoms with van der Waals surface area (Å²) in [6.45, 7) is 8.71. The second kappa shape index (κ2) is 11.6. The maximum absolute atomic E-state index is 16.4. The van der Waals surface area contributed by atoms with Gasteiger partial charge in [0.15, 0.2) is 11.5 Å². The molecule has 0 radical (unpaired) electrons. The minimum Gasteiger partial charge on any atom is -0.386 e. The summed E-state index contributed by atoms with van der Waals surface area (Å²) in [4.78, 5) is 1.12. The van der Waals surface area contributed by atoms with Crippen molar-refractivity contribution in [2.45, 2.75) is 131 Å². The molecular formula is C40H51F3O4S. The zero-order chi connectivity index (χ0) is 34.4. The van der Waals surface area contributed by atoms with Crippen LogP contribution in [0.2, 0.25) is 0 Å². The summed E-state index contributed by atoms with van der Waals surface area (Å²) in [6.07, 6.45) is 3.53. The summed E-state index contributed by atoms with van der Waals surface area (Å²) < 4.78 is 59.2.